The van der Waals surface area contributed by atoms with Gasteiger partial charge in [0.05, 0.1) is 13.0 Å². The third kappa shape index (κ3) is 6.08. The molecular weight excluding hydrogens is 405 g/mol. The van der Waals surface area contributed by atoms with E-state index in [4.69, 9.17) is 4.74 Å². The van der Waals surface area contributed by atoms with Crippen molar-refractivity contribution in [2.45, 2.75) is 31.7 Å². The molecule has 2 atom stereocenters. The van der Waals surface area contributed by atoms with Crippen molar-refractivity contribution in [2.75, 3.05) is 46.4 Å². The van der Waals surface area contributed by atoms with E-state index in [1.54, 1.807) is 7.11 Å². The van der Waals surface area contributed by atoms with E-state index < -0.39 is 0 Å². The van der Waals surface area contributed by atoms with Gasteiger partial charge in [-0.25, -0.2) is 4.39 Å². The Morgan fingerprint density at radius 2 is 1.75 bits per heavy atom. The molecule has 0 saturated carbocycles. The fourth-order valence-electron chi connectivity index (χ4n) is 4.96. The summed E-state index contributed by atoms with van der Waals surface area (Å²) >= 11 is 0. The van der Waals surface area contributed by atoms with Gasteiger partial charge in [-0.15, -0.1) is 0 Å². The van der Waals surface area contributed by atoms with E-state index in [1.165, 1.54) is 30.5 Å². The van der Waals surface area contributed by atoms with E-state index in [0.717, 1.165) is 57.0 Å². The lowest BCUT2D eigenvalue weighted by Gasteiger charge is -2.37. The second-order valence-electron chi connectivity index (χ2n) is 9.06. The van der Waals surface area contributed by atoms with Gasteiger partial charge in [0.1, 0.15) is 11.6 Å². The van der Waals surface area contributed by atoms with Crippen molar-refractivity contribution < 1.29 is 13.9 Å². The van der Waals surface area contributed by atoms with Gasteiger partial charge in [-0.05, 0) is 73.7 Å². The fourth-order valence-corrected chi connectivity index (χ4v) is 4.96. The van der Waals surface area contributed by atoms with Crippen LogP contribution in [0.15, 0.2) is 48.5 Å². The first-order valence-electron chi connectivity index (χ1n) is 11.7. The lowest BCUT2D eigenvalue weighted by Crippen LogP contribution is -2.46. The molecule has 172 valence electrons. The van der Waals surface area contributed by atoms with Gasteiger partial charge in [-0.2, -0.15) is 0 Å². The van der Waals surface area contributed by atoms with Crippen LogP contribution in [-0.4, -0.2) is 62.1 Å². The minimum absolute atomic E-state index is 0.0735. The minimum Gasteiger partial charge on any atom is -0.497 e. The zero-order chi connectivity index (χ0) is 22.3. The first kappa shape index (κ1) is 22.7. The normalized spacial score (nSPS) is 22.1. The maximum atomic E-state index is 13.5. The lowest BCUT2D eigenvalue weighted by atomic mass is 9.84. The number of piperidine rings is 1. The number of rotatable bonds is 8. The van der Waals surface area contributed by atoms with Crippen molar-refractivity contribution in [1.82, 2.24) is 15.1 Å². The lowest BCUT2D eigenvalue weighted by molar-refractivity contribution is -0.127. The highest BCUT2D eigenvalue weighted by molar-refractivity contribution is 5.79. The topological polar surface area (TPSA) is 44.8 Å². The van der Waals surface area contributed by atoms with Gasteiger partial charge in [0.15, 0.2) is 0 Å². The van der Waals surface area contributed by atoms with Gasteiger partial charge >= 0.3 is 0 Å². The van der Waals surface area contributed by atoms with E-state index in [0.29, 0.717) is 6.54 Å². The second-order valence-corrected chi connectivity index (χ2v) is 9.06. The summed E-state index contributed by atoms with van der Waals surface area (Å²) in [5.74, 6) is 0.881. The molecule has 4 rings (SSSR count). The Morgan fingerprint density at radius 1 is 1.03 bits per heavy atom. The molecule has 2 aromatic rings. The highest BCUT2D eigenvalue weighted by Crippen LogP contribution is 2.31. The molecule has 0 bridgehead atoms. The van der Waals surface area contributed by atoms with Crippen LogP contribution in [0, 0.1) is 11.7 Å². The molecule has 32 heavy (non-hydrogen) atoms. The van der Waals surface area contributed by atoms with Crippen molar-refractivity contribution in [3.63, 3.8) is 0 Å². The average molecular weight is 440 g/mol. The van der Waals surface area contributed by atoms with Crippen molar-refractivity contribution in [3.05, 3.63) is 65.5 Å². The first-order chi connectivity index (χ1) is 15.6. The molecule has 0 aromatic heterocycles. The number of ether oxygens (including phenoxy) is 1. The number of hydrogen-bond donors (Lipinski definition) is 1. The number of likely N-dealkylation sites (tertiary alicyclic amines) is 2. The van der Waals surface area contributed by atoms with Crippen molar-refractivity contribution >= 4 is 5.91 Å². The zero-order valence-corrected chi connectivity index (χ0v) is 18.9. The van der Waals surface area contributed by atoms with Gasteiger partial charge in [0.25, 0.3) is 0 Å². The van der Waals surface area contributed by atoms with E-state index in [9.17, 15) is 9.18 Å². The Morgan fingerprint density at radius 3 is 2.44 bits per heavy atom. The van der Waals surface area contributed by atoms with Crippen LogP contribution in [0.3, 0.4) is 0 Å². The summed E-state index contributed by atoms with van der Waals surface area (Å²) in [6.45, 7) is 6.28. The third-order valence-electron chi connectivity index (χ3n) is 6.73. The van der Waals surface area contributed by atoms with E-state index in [2.05, 4.69) is 27.2 Å². The Kier molecular flexibility index (Phi) is 7.76. The van der Waals surface area contributed by atoms with Crippen LogP contribution in [0.25, 0.3) is 0 Å². The molecule has 6 heteroatoms. The largest absolute Gasteiger partial charge is 0.497 e. The van der Waals surface area contributed by atoms with Crippen LogP contribution in [0.5, 0.6) is 5.75 Å². The molecule has 2 aromatic carbocycles. The molecule has 0 radical (unpaired) electrons. The number of carbonyl (C=O) groups excluding carboxylic acids is 1. The van der Waals surface area contributed by atoms with E-state index in [1.807, 2.05) is 24.3 Å². The molecule has 0 aliphatic carbocycles. The summed E-state index contributed by atoms with van der Waals surface area (Å²) in [5, 5.41) is 3.18. The predicted octanol–water partition coefficient (Wildman–Crippen LogP) is 3.65. The smallest absolute Gasteiger partial charge is 0.224 e. The van der Waals surface area contributed by atoms with Crippen LogP contribution >= 0.6 is 0 Å². The molecular formula is C26H34FN3O2. The number of hydrogen-bond acceptors (Lipinski definition) is 4. The number of nitrogens with one attached hydrogen (secondary N) is 1. The maximum Gasteiger partial charge on any atom is 0.224 e. The van der Waals surface area contributed by atoms with Crippen molar-refractivity contribution in [3.8, 4) is 5.75 Å². The summed E-state index contributed by atoms with van der Waals surface area (Å²) in [4.78, 5) is 17.8. The summed E-state index contributed by atoms with van der Waals surface area (Å²) < 4.78 is 18.7. The van der Waals surface area contributed by atoms with Gasteiger partial charge in [0, 0.05) is 32.7 Å². The van der Waals surface area contributed by atoms with E-state index in [-0.39, 0.29) is 23.6 Å². The van der Waals surface area contributed by atoms with Crippen molar-refractivity contribution in [1.29, 1.82) is 0 Å². The molecule has 2 aliphatic heterocycles. The van der Waals surface area contributed by atoms with Crippen LogP contribution in [0.1, 0.15) is 36.3 Å². The third-order valence-corrected chi connectivity index (χ3v) is 6.73. The second kappa shape index (κ2) is 10.9. The molecule has 2 fully saturated rings. The number of amides is 1. The highest BCUT2D eigenvalue weighted by Gasteiger charge is 2.32. The Hall–Kier alpha value is -2.44. The van der Waals surface area contributed by atoms with E-state index >= 15 is 0 Å². The average Bonchev–Trinajstić information content (AvgIpc) is 3.33. The Balaban J connectivity index is 1.41. The minimum atomic E-state index is -0.226. The van der Waals surface area contributed by atoms with Gasteiger partial charge in [-0.3, -0.25) is 9.69 Å². The zero-order valence-electron chi connectivity index (χ0n) is 18.9. The fraction of sp³-hybridized carbons (Fsp3) is 0.500. The van der Waals surface area contributed by atoms with Gasteiger partial charge < -0.3 is 15.0 Å². The first-order valence-corrected chi connectivity index (χ1v) is 11.7. The quantitative estimate of drug-likeness (QED) is 0.682. The summed E-state index contributed by atoms with van der Waals surface area (Å²) in [5.41, 5.74) is 2.29. The molecule has 1 amide bonds. The number of benzene rings is 2. The molecule has 1 N–H and O–H groups in total. The summed E-state index contributed by atoms with van der Waals surface area (Å²) in [6.07, 6.45) is 3.31. The van der Waals surface area contributed by atoms with Crippen LogP contribution in [0.2, 0.25) is 0 Å². The van der Waals surface area contributed by atoms with Crippen LogP contribution in [0.4, 0.5) is 4.39 Å². The standard InChI is InChI=1S/C26H34FN3O2/c1-32-25-10-4-20(5-11-25)17-30-18-22(21-6-8-24(27)9-7-21)16-23(19-30)26(31)28-12-15-29-13-2-3-14-29/h4-11,22-23H,2-3,12-19H2,1H3,(H,28,31). The molecule has 2 unspecified atom stereocenters. The molecule has 2 aliphatic rings. The maximum absolute atomic E-state index is 13.5. The monoisotopic (exact) mass is 439 g/mol. The van der Waals surface area contributed by atoms with Gasteiger partial charge in [0.2, 0.25) is 5.91 Å². The SMILES string of the molecule is COc1ccc(CN2CC(C(=O)NCCN3CCCC3)CC(c3ccc(F)cc3)C2)cc1. The summed E-state index contributed by atoms with van der Waals surface area (Å²) in [6, 6.07) is 14.8. The van der Waals surface area contributed by atoms with Gasteiger partial charge in [-0.1, -0.05) is 24.3 Å². The highest BCUT2D eigenvalue weighted by atomic mass is 19.1. The molecule has 2 saturated heterocycles. The predicted molar refractivity (Wildman–Crippen MR) is 124 cm³/mol. The Bertz CT molecular complexity index is 866. The molecule has 0 spiro atoms. The van der Waals surface area contributed by atoms with Crippen LogP contribution < -0.4 is 10.1 Å². The summed E-state index contributed by atoms with van der Waals surface area (Å²) in [7, 11) is 1.67. The Labute approximate surface area is 190 Å². The van der Waals surface area contributed by atoms with Crippen LogP contribution in [-0.2, 0) is 11.3 Å². The number of nitrogens with zero attached hydrogens (tertiary/aromatic N) is 2. The molecule has 5 nitrogen and oxygen atoms in total. The number of methoxy groups -OCH3 is 1. The van der Waals surface area contributed by atoms with Crippen molar-refractivity contribution in [2.24, 2.45) is 5.92 Å². The molecule has 2 heterocycles. The number of halogens is 1. The number of carbonyl (C=O) groups is 1.